The predicted molar refractivity (Wildman–Crippen MR) is 156 cm³/mol. The zero-order valence-corrected chi connectivity index (χ0v) is 25.2. The molecule has 2 amide bonds. The van der Waals surface area contributed by atoms with Crippen molar-refractivity contribution in [2.24, 2.45) is 11.8 Å². The largest absolute Gasteiger partial charge is 0.497 e. The first-order valence-corrected chi connectivity index (χ1v) is 14.5. The summed E-state index contributed by atoms with van der Waals surface area (Å²) in [6.07, 6.45) is 2.29. The van der Waals surface area contributed by atoms with Crippen molar-refractivity contribution >= 4 is 23.8 Å². The summed E-state index contributed by atoms with van der Waals surface area (Å²) in [4.78, 5) is 51.1. The fourth-order valence-electron chi connectivity index (χ4n) is 5.49. The van der Waals surface area contributed by atoms with E-state index < -0.39 is 23.8 Å². The van der Waals surface area contributed by atoms with Crippen LogP contribution in [0.2, 0.25) is 0 Å². The third kappa shape index (κ3) is 7.57. The van der Waals surface area contributed by atoms with Crippen LogP contribution in [-0.4, -0.2) is 64.6 Å². The Balaban J connectivity index is 1.32. The number of carbonyl (C=O) groups is 4. The van der Waals surface area contributed by atoms with Gasteiger partial charge in [0.1, 0.15) is 5.75 Å². The van der Waals surface area contributed by atoms with Crippen LogP contribution in [0.15, 0.2) is 24.3 Å². The number of amides is 2. The van der Waals surface area contributed by atoms with Gasteiger partial charge in [0.05, 0.1) is 32.7 Å². The van der Waals surface area contributed by atoms with Crippen LogP contribution in [-0.2, 0) is 51.8 Å². The first-order chi connectivity index (χ1) is 20.5. The zero-order chi connectivity index (χ0) is 31.3. The number of carbonyl (C=O) groups excluding carboxylic acids is 2. The van der Waals surface area contributed by atoms with Crippen LogP contribution < -0.4 is 14.2 Å². The van der Waals surface area contributed by atoms with E-state index in [4.69, 9.17) is 19.3 Å². The molecule has 2 aromatic carbocycles. The summed E-state index contributed by atoms with van der Waals surface area (Å²) < 4.78 is 17.1. The lowest BCUT2D eigenvalue weighted by molar-refractivity contribution is -0.145. The topological polar surface area (TPSA) is 143 Å². The van der Waals surface area contributed by atoms with Crippen LogP contribution in [0.1, 0.15) is 67.3 Å². The van der Waals surface area contributed by atoms with E-state index in [1.54, 1.807) is 30.9 Å². The Morgan fingerprint density at radius 2 is 1.30 bits per heavy atom. The quantitative estimate of drug-likeness (QED) is 0.309. The molecule has 0 aliphatic carbocycles. The van der Waals surface area contributed by atoms with E-state index in [1.165, 1.54) is 6.92 Å². The third-order valence-corrected chi connectivity index (χ3v) is 8.17. The first-order valence-electron chi connectivity index (χ1n) is 14.5. The highest BCUT2D eigenvalue weighted by molar-refractivity contribution is 5.83. The molecule has 2 unspecified atom stereocenters. The molecule has 11 heteroatoms. The summed E-state index contributed by atoms with van der Waals surface area (Å²) in [6.45, 7) is 5.23. The van der Waals surface area contributed by atoms with Crippen LogP contribution in [0.25, 0.3) is 0 Å². The van der Waals surface area contributed by atoms with E-state index in [0.717, 1.165) is 52.8 Å². The predicted octanol–water partition coefficient (Wildman–Crippen LogP) is 4.01. The van der Waals surface area contributed by atoms with Crippen molar-refractivity contribution in [3.8, 4) is 17.2 Å². The zero-order valence-electron chi connectivity index (χ0n) is 25.2. The van der Waals surface area contributed by atoms with Gasteiger partial charge in [-0.05, 0) is 71.3 Å². The van der Waals surface area contributed by atoms with Crippen molar-refractivity contribution in [1.29, 1.82) is 0 Å². The lowest BCUT2D eigenvalue weighted by atomic mass is 9.98. The Morgan fingerprint density at radius 3 is 1.86 bits per heavy atom. The molecule has 2 N–H and O–H groups in total. The standard InChI is InChI=1S/C32H40N2O9/c1-19(31(37)38)9-29(35)33-15-22-13-27(42-4)28(14-23(22)16-33)43-8-6-5-7-21-11-25(41-3)12-24-17-34(18-26(21)24)30(36)10-20(2)32(39)40/h11-14,19-20H,5-10,15-18H2,1-4H3,(H,37,38)(H,39,40). The summed E-state index contributed by atoms with van der Waals surface area (Å²) in [7, 11) is 3.18. The molecule has 2 aliphatic heterocycles. The first kappa shape index (κ1) is 31.7. The molecule has 2 aliphatic rings. The summed E-state index contributed by atoms with van der Waals surface area (Å²) in [5.41, 5.74) is 5.13. The minimum absolute atomic E-state index is 0.0302. The molecule has 232 valence electrons. The second kappa shape index (κ2) is 13.8. The maximum Gasteiger partial charge on any atom is 0.306 e. The van der Waals surface area contributed by atoms with Crippen molar-refractivity contribution in [3.63, 3.8) is 0 Å². The van der Waals surface area contributed by atoms with Crippen LogP contribution in [0.5, 0.6) is 17.2 Å². The molecule has 43 heavy (non-hydrogen) atoms. The molecule has 11 nitrogen and oxygen atoms in total. The van der Waals surface area contributed by atoms with Gasteiger partial charge >= 0.3 is 11.9 Å². The molecule has 0 spiro atoms. The SMILES string of the molecule is COc1cc(CCCCOc2cc3c(cc2OC)CN(C(=O)CC(C)C(=O)O)C3)c2c(c1)CN(C(=O)CC(C)C(=O)O)C2. The maximum atomic E-state index is 12.7. The minimum atomic E-state index is -0.988. The number of fused-ring (bicyclic) bond motifs is 2. The van der Waals surface area contributed by atoms with E-state index in [0.29, 0.717) is 44.3 Å². The normalized spacial score (nSPS) is 15.0. The number of rotatable bonds is 14. The number of hydrogen-bond acceptors (Lipinski definition) is 7. The highest BCUT2D eigenvalue weighted by Gasteiger charge is 2.29. The average molecular weight is 597 g/mol. The Hall–Kier alpha value is -4.28. The van der Waals surface area contributed by atoms with Gasteiger partial charge in [0.15, 0.2) is 11.5 Å². The summed E-state index contributed by atoms with van der Waals surface area (Å²) in [6, 6.07) is 7.72. The fourth-order valence-corrected chi connectivity index (χ4v) is 5.49. The Kier molecular flexibility index (Phi) is 10.2. The van der Waals surface area contributed by atoms with Crippen LogP contribution in [0.4, 0.5) is 0 Å². The van der Waals surface area contributed by atoms with Gasteiger partial charge in [-0.15, -0.1) is 0 Å². The number of carboxylic acids is 2. The highest BCUT2D eigenvalue weighted by atomic mass is 16.5. The van der Waals surface area contributed by atoms with Crippen molar-refractivity contribution in [2.75, 3.05) is 20.8 Å². The maximum absolute atomic E-state index is 12.7. The second-order valence-electron chi connectivity index (χ2n) is 11.4. The second-order valence-corrected chi connectivity index (χ2v) is 11.4. The lowest BCUT2D eigenvalue weighted by Crippen LogP contribution is -2.28. The molecule has 2 aromatic rings. The van der Waals surface area contributed by atoms with Crippen LogP contribution in [0, 0.1) is 11.8 Å². The van der Waals surface area contributed by atoms with Gasteiger partial charge in [-0.3, -0.25) is 19.2 Å². The van der Waals surface area contributed by atoms with Crippen molar-refractivity contribution in [3.05, 3.63) is 52.1 Å². The Morgan fingerprint density at radius 1 is 0.744 bits per heavy atom. The Bertz CT molecular complexity index is 1390. The number of unbranched alkanes of at least 4 members (excludes halogenated alkanes) is 1. The van der Waals surface area contributed by atoms with Crippen molar-refractivity contribution < 1.29 is 43.6 Å². The fraction of sp³-hybridized carbons (Fsp3) is 0.500. The van der Waals surface area contributed by atoms with Gasteiger partial charge < -0.3 is 34.2 Å². The molecule has 0 radical (unpaired) electrons. The van der Waals surface area contributed by atoms with E-state index in [1.807, 2.05) is 24.3 Å². The molecule has 0 aromatic heterocycles. The molecule has 0 bridgehead atoms. The molecular formula is C32H40N2O9. The number of methoxy groups -OCH3 is 2. The molecule has 4 rings (SSSR count). The summed E-state index contributed by atoms with van der Waals surface area (Å²) >= 11 is 0. The van der Waals surface area contributed by atoms with Gasteiger partial charge in [0, 0.05) is 39.0 Å². The van der Waals surface area contributed by atoms with E-state index >= 15 is 0 Å². The smallest absolute Gasteiger partial charge is 0.306 e. The van der Waals surface area contributed by atoms with Crippen molar-refractivity contribution in [1.82, 2.24) is 9.80 Å². The minimum Gasteiger partial charge on any atom is -0.497 e. The molecule has 2 heterocycles. The summed E-state index contributed by atoms with van der Waals surface area (Å²) in [5.74, 6) is -1.90. The average Bonchev–Trinajstić information content (AvgIpc) is 3.60. The number of benzene rings is 2. The van der Waals surface area contributed by atoms with Gasteiger partial charge in [0.2, 0.25) is 11.8 Å². The lowest BCUT2D eigenvalue weighted by Gasteiger charge is -2.17. The number of nitrogens with zero attached hydrogens (tertiary/aromatic N) is 2. The number of hydrogen-bond donors (Lipinski definition) is 2. The number of carboxylic acid groups (broad SMARTS) is 2. The molecule has 0 saturated heterocycles. The van der Waals surface area contributed by atoms with Gasteiger partial charge in [0.25, 0.3) is 0 Å². The van der Waals surface area contributed by atoms with Gasteiger partial charge in [-0.1, -0.05) is 13.8 Å². The molecule has 2 atom stereocenters. The Labute approximate surface area is 251 Å². The number of ether oxygens (including phenoxy) is 3. The summed E-state index contributed by atoms with van der Waals surface area (Å²) in [5, 5.41) is 18.3. The highest BCUT2D eigenvalue weighted by Crippen LogP contribution is 2.36. The van der Waals surface area contributed by atoms with Gasteiger partial charge in [-0.2, -0.15) is 0 Å². The van der Waals surface area contributed by atoms with E-state index in [9.17, 15) is 24.3 Å². The van der Waals surface area contributed by atoms with Crippen LogP contribution >= 0.6 is 0 Å². The monoisotopic (exact) mass is 596 g/mol. The van der Waals surface area contributed by atoms with E-state index in [2.05, 4.69) is 0 Å². The van der Waals surface area contributed by atoms with Gasteiger partial charge in [-0.25, -0.2) is 0 Å². The number of aliphatic carboxylic acids is 2. The van der Waals surface area contributed by atoms with Crippen molar-refractivity contribution in [2.45, 2.75) is 72.1 Å². The third-order valence-electron chi connectivity index (χ3n) is 8.17. The number of aryl methyl sites for hydroxylation is 1. The molecular weight excluding hydrogens is 556 g/mol. The van der Waals surface area contributed by atoms with E-state index in [-0.39, 0.29) is 24.7 Å². The molecule has 0 fully saturated rings. The molecule has 0 saturated carbocycles. The van der Waals surface area contributed by atoms with Crippen LogP contribution in [0.3, 0.4) is 0 Å².